The van der Waals surface area contributed by atoms with Crippen molar-refractivity contribution in [1.82, 2.24) is 0 Å². The summed E-state index contributed by atoms with van der Waals surface area (Å²) in [4.78, 5) is 10.6. The summed E-state index contributed by atoms with van der Waals surface area (Å²) in [7, 11) is 0. The van der Waals surface area contributed by atoms with Crippen molar-refractivity contribution in [3.63, 3.8) is 0 Å². The minimum atomic E-state index is -0.206. The maximum absolute atomic E-state index is 10.8. The fourth-order valence-electron chi connectivity index (χ4n) is 0.641. The molecule has 3 nitrogen and oxygen atoms in total. The van der Waals surface area contributed by atoms with Gasteiger partial charge in [-0.25, -0.2) is 0 Å². The molecule has 2 unspecified atom stereocenters. The van der Waals surface area contributed by atoms with Gasteiger partial charge in [-0.3, -0.25) is 4.79 Å². The van der Waals surface area contributed by atoms with Gasteiger partial charge in [-0.2, -0.15) is 0 Å². The third-order valence-corrected chi connectivity index (χ3v) is 1.79. The van der Waals surface area contributed by atoms with E-state index in [1.807, 2.05) is 0 Å². The summed E-state index contributed by atoms with van der Waals surface area (Å²) in [6, 6.07) is 0. The monoisotopic (exact) mass is 222 g/mol. The molecule has 1 heterocycles. The molecule has 0 aromatic rings. The minimum absolute atomic E-state index is 0.203. The van der Waals surface area contributed by atoms with Crippen LogP contribution in [0, 0.1) is 0 Å². The maximum atomic E-state index is 10.8. The zero-order valence-electron chi connectivity index (χ0n) is 6.38. The van der Waals surface area contributed by atoms with E-state index < -0.39 is 0 Å². The number of alkyl halides is 1. The van der Waals surface area contributed by atoms with Crippen LogP contribution in [0.15, 0.2) is 0 Å². The normalized spacial score (nSPS) is 24.4. The molecule has 1 aliphatic heterocycles. The molecule has 0 radical (unpaired) electrons. The van der Waals surface area contributed by atoms with Crippen LogP contribution < -0.4 is 0 Å². The fourth-order valence-corrected chi connectivity index (χ4v) is 0.773. The Balaban J connectivity index is 1.96. The standard InChI is InChI=1S/C7H11BrO3/c1-5(8)7(9)10-3-2-6-4-11-6/h5-6H,2-4H2,1H3. The van der Waals surface area contributed by atoms with Gasteiger partial charge in [-0.1, -0.05) is 15.9 Å². The third-order valence-electron chi connectivity index (χ3n) is 1.41. The Kier molecular flexibility index (Phi) is 3.33. The molecule has 1 saturated heterocycles. The highest BCUT2D eigenvalue weighted by atomic mass is 79.9. The van der Waals surface area contributed by atoms with Crippen LogP contribution in [0.25, 0.3) is 0 Å². The number of epoxide rings is 1. The Hall–Kier alpha value is -0.0900. The first-order chi connectivity index (χ1) is 5.20. The Morgan fingerprint density at radius 3 is 3.00 bits per heavy atom. The zero-order chi connectivity index (χ0) is 8.27. The molecule has 0 saturated carbocycles. The average Bonchev–Trinajstić information content (AvgIpc) is 2.71. The van der Waals surface area contributed by atoms with Crippen LogP contribution in [0.1, 0.15) is 13.3 Å². The van der Waals surface area contributed by atoms with Crippen molar-refractivity contribution in [3.8, 4) is 0 Å². The van der Waals surface area contributed by atoms with Crippen molar-refractivity contribution in [3.05, 3.63) is 0 Å². The van der Waals surface area contributed by atoms with E-state index in [9.17, 15) is 4.79 Å². The number of halogens is 1. The Morgan fingerprint density at radius 1 is 1.91 bits per heavy atom. The molecule has 1 fully saturated rings. The molecule has 0 N–H and O–H groups in total. The van der Waals surface area contributed by atoms with Gasteiger partial charge in [0.2, 0.25) is 0 Å². The highest BCUT2D eigenvalue weighted by Crippen LogP contribution is 2.13. The molecule has 0 aromatic heterocycles. The largest absolute Gasteiger partial charge is 0.465 e. The lowest BCUT2D eigenvalue weighted by molar-refractivity contribution is -0.142. The second kappa shape index (κ2) is 4.07. The van der Waals surface area contributed by atoms with E-state index in [1.165, 1.54) is 0 Å². The van der Waals surface area contributed by atoms with Crippen LogP contribution in [0.5, 0.6) is 0 Å². The summed E-state index contributed by atoms with van der Waals surface area (Å²) < 4.78 is 9.84. The van der Waals surface area contributed by atoms with Gasteiger partial charge in [0.1, 0.15) is 4.83 Å². The average molecular weight is 223 g/mol. The van der Waals surface area contributed by atoms with Gasteiger partial charge in [0.05, 0.1) is 19.3 Å². The van der Waals surface area contributed by atoms with Crippen molar-refractivity contribution in [2.75, 3.05) is 13.2 Å². The summed E-state index contributed by atoms with van der Waals surface area (Å²) in [6.07, 6.45) is 1.17. The number of hydrogen-bond acceptors (Lipinski definition) is 3. The summed E-state index contributed by atoms with van der Waals surface area (Å²) >= 11 is 3.12. The predicted octanol–water partition coefficient (Wildman–Crippen LogP) is 1.10. The molecule has 1 rings (SSSR count). The van der Waals surface area contributed by atoms with Crippen molar-refractivity contribution in [1.29, 1.82) is 0 Å². The van der Waals surface area contributed by atoms with Crippen molar-refractivity contribution >= 4 is 21.9 Å². The van der Waals surface area contributed by atoms with Crippen LogP contribution >= 0.6 is 15.9 Å². The number of carbonyl (C=O) groups excluding carboxylic acids is 1. The van der Waals surface area contributed by atoms with Crippen LogP contribution in [-0.2, 0) is 14.3 Å². The van der Waals surface area contributed by atoms with Gasteiger partial charge in [0, 0.05) is 6.42 Å². The molecular weight excluding hydrogens is 212 g/mol. The summed E-state index contributed by atoms with van der Waals surface area (Å²) in [5.74, 6) is -0.203. The van der Waals surface area contributed by atoms with E-state index in [1.54, 1.807) is 6.92 Å². The molecule has 2 atom stereocenters. The number of hydrogen-bond donors (Lipinski definition) is 0. The second-order valence-electron chi connectivity index (χ2n) is 2.53. The molecule has 64 valence electrons. The quantitative estimate of drug-likeness (QED) is 0.407. The molecule has 0 bridgehead atoms. The fraction of sp³-hybridized carbons (Fsp3) is 0.857. The topological polar surface area (TPSA) is 38.8 Å². The summed E-state index contributed by atoms with van der Waals surface area (Å²) in [5.41, 5.74) is 0. The lowest BCUT2D eigenvalue weighted by atomic mass is 10.3. The number of ether oxygens (including phenoxy) is 2. The lowest BCUT2D eigenvalue weighted by Gasteiger charge is -2.03. The highest BCUT2D eigenvalue weighted by Gasteiger charge is 2.22. The Morgan fingerprint density at radius 2 is 2.55 bits per heavy atom. The van der Waals surface area contributed by atoms with Gasteiger partial charge in [0.25, 0.3) is 0 Å². The molecular formula is C7H11BrO3. The first kappa shape index (κ1) is 9.00. The van der Waals surface area contributed by atoms with E-state index in [0.29, 0.717) is 12.7 Å². The number of carbonyl (C=O) groups is 1. The SMILES string of the molecule is CC(Br)C(=O)OCCC1CO1. The number of rotatable bonds is 4. The van der Waals surface area contributed by atoms with Crippen molar-refractivity contribution < 1.29 is 14.3 Å². The van der Waals surface area contributed by atoms with E-state index >= 15 is 0 Å². The van der Waals surface area contributed by atoms with Crippen LogP contribution in [0.3, 0.4) is 0 Å². The number of esters is 1. The summed E-state index contributed by atoms with van der Waals surface area (Å²) in [5, 5.41) is 0. The maximum Gasteiger partial charge on any atom is 0.319 e. The van der Waals surface area contributed by atoms with Gasteiger partial charge in [0.15, 0.2) is 0 Å². The molecule has 4 heteroatoms. The molecule has 0 amide bonds. The van der Waals surface area contributed by atoms with E-state index in [-0.39, 0.29) is 10.8 Å². The Bertz CT molecular complexity index is 143. The van der Waals surface area contributed by atoms with E-state index in [0.717, 1.165) is 13.0 Å². The second-order valence-corrected chi connectivity index (χ2v) is 3.90. The predicted molar refractivity (Wildman–Crippen MR) is 43.7 cm³/mol. The van der Waals surface area contributed by atoms with Gasteiger partial charge < -0.3 is 9.47 Å². The van der Waals surface area contributed by atoms with Crippen LogP contribution in [-0.4, -0.2) is 30.1 Å². The molecule has 1 aliphatic rings. The zero-order valence-corrected chi connectivity index (χ0v) is 7.96. The first-order valence-electron chi connectivity index (χ1n) is 3.62. The van der Waals surface area contributed by atoms with Crippen LogP contribution in [0.2, 0.25) is 0 Å². The van der Waals surface area contributed by atoms with E-state index in [4.69, 9.17) is 9.47 Å². The minimum Gasteiger partial charge on any atom is -0.465 e. The Labute approximate surface area is 74.2 Å². The van der Waals surface area contributed by atoms with Gasteiger partial charge in [-0.05, 0) is 6.92 Å². The van der Waals surface area contributed by atoms with Gasteiger partial charge in [-0.15, -0.1) is 0 Å². The molecule has 11 heavy (non-hydrogen) atoms. The first-order valence-corrected chi connectivity index (χ1v) is 4.54. The molecule has 0 spiro atoms. The molecule has 0 aromatic carbocycles. The van der Waals surface area contributed by atoms with Crippen LogP contribution in [0.4, 0.5) is 0 Å². The smallest absolute Gasteiger partial charge is 0.319 e. The third kappa shape index (κ3) is 3.72. The van der Waals surface area contributed by atoms with E-state index in [2.05, 4.69) is 15.9 Å². The van der Waals surface area contributed by atoms with Crippen molar-refractivity contribution in [2.24, 2.45) is 0 Å². The van der Waals surface area contributed by atoms with Gasteiger partial charge >= 0.3 is 5.97 Å². The highest BCUT2D eigenvalue weighted by molar-refractivity contribution is 9.10. The summed E-state index contributed by atoms with van der Waals surface area (Å²) in [6.45, 7) is 3.04. The molecule has 0 aliphatic carbocycles. The lowest BCUT2D eigenvalue weighted by Crippen LogP contribution is -2.15. The van der Waals surface area contributed by atoms with Crippen molar-refractivity contribution in [2.45, 2.75) is 24.3 Å².